The molecule has 0 saturated carbocycles. The fourth-order valence-corrected chi connectivity index (χ4v) is 4.41. The molecule has 1 aromatic rings. The maximum atomic E-state index is 11.4. The highest BCUT2D eigenvalue weighted by Crippen LogP contribution is 2.45. The molecular weight excluding hydrogens is 278 g/mol. The lowest BCUT2D eigenvalue weighted by Crippen LogP contribution is -2.37. The first kappa shape index (κ1) is 14.5. The van der Waals surface area contributed by atoms with Crippen molar-refractivity contribution in [3.8, 4) is 0 Å². The number of thiophene rings is 1. The summed E-state index contributed by atoms with van der Waals surface area (Å²) in [7, 11) is 0. The number of anilines is 2. The molecule has 0 spiro atoms. The van der Waals surface area contributed by atoms with Gasteiger partial charge in [-0.15, -0.1) is 23.1 Å². The van der Waals surface area contributed by atoms with E-state index in [0.717, 1.165) is 35.8 Å². The minimum absolute atomic E-state index is 0.408. The molecule has 1 amide bonds. The number of carbonyl (C=O) groups excluding carboxylic acids is 1. The van der Waals surface area contributed by atoms with Gasteiger partial charge in [0.2, 0.25) is 0 Å². The predicted molar refractivity (Wildman–Crippen MR) is 84.3 cm³/mol. The highest BCUT2D eigenvalue weighted by atomic mass is 32.2. The third-order valence-corrected chi connectivity index (χ3v) is 5.95. The molecule has 0 bridgehead atoms. The van der Waals surface area contributed by atoms with Crippen molar-refractivity contribution in [2.45, 2.75) is 31.6 Å². The summed E-state index contributed by atoms with van der Waals surface area (Å²) in [6.07, 6.45) is 4.30. The van der Waals surface area contributed by atoms with Crippen molar-refractivity contribution in [1.29, 1.82) is 0 Å². The Labute approximate surface area is 122 Å². The van der Waals surface area contributed by atoms with Crippen molar-refractivity contribution in [3.05, 3.63) is 4.88 Å². The lowest BCUT2D eigenvalue weighted by atomic mass is 9.83. The summed E-state index contributed by atoms with van der Waals surface area (Å²) in [6.45, 7) is 6.63. The average molecular weight is 299 g/mol. The number of hydrogen-bond acceptors (Lipinski definition) is 5. The number of nitrogen functional groups attached to an aromatic ring is 1. The molecule has 4 N–H and O–H groups in total. The van der Waals surface area contributed by atoms with Crippen LogP contribution in [0.15, 0.2) is 4.90 Å². The minimum atomic E-state index is -0.429. The SMILES string of the molecule is CSc1c(N2CCC(C)(C)CC2)sc(C(N)=O)c1N. The van der Waals surface area contributed by atoms with Crippen molar-refractivity contribution in [3.63, 3.8) is 0 Å². The number of amides is 1. The van der Waals surface area contributed by atoms with E-state index in [2.05, 4.69) is 18.7 Å². The van der Waals surface area contributed by atoms with E-state index in [0.29, 0.717) is 16.0 Å². The van der Waals surface area contributed by atoms with Gasteiger partial charge in [0, 0.05) is 13.1 Å². The van der Waals surface area contributed by atoms with E-state index in [-0.39, 0.29) is 0 Å². The van der Waals surface area contributed by atoms with Crippen LogP contribution in [0.3, 0.4) is 0 Å². The zero-order chi connectivity index (χ0) is 14.2. The van der Waals surface area contributed by atoms with Gasteiger partial charge in [-0.3, -0.25) is 4.79 Å². The molecule has 1 aromatic heterocycles. The number of nitrogens with two attached hydrogens (primary N) is 2. The summed E-state index contributed by atoms with van der Waals surface area (Å²) in [5, 5.41) is 1.11. The quantitative estimate of drug-likeness (QED) is 0.842. The first-order chi connectivity index (χ1) is 8.85. The smallest absolute Gasteiger partial charge is 0.261 e. The normalized spacial score (nSPS) is 18.6. The van der Waals surface area contributed by atoms with Crippen molar-refractivity contribution in [2.24, 2.45) is 11.1 Å². The fourth-order valence-electron chi connectivity index (χ4n) is 2.32. The zero-order valence-corrected chi connectivity index (χ0v) is 13.3. The standard InChI is InChI=1S/C13H21N3OS2/c1-13(2)4-6-16(7-5-13)12-10(18-3)8(14)9(19-12)11(15)17/h4-7,14H2,1-3H3,(H2,15,17). The highest BCUT2D eigenvalue weighted by molar-refractivity contribution is 7.99. The second-order valence-corrected chi connectivity index (χ2v) is 7.51. The molecule has 0 aromatic carbocycles. The number of primary amides is 1. The van der Waals surface area contributed by atoms with Crippen LogP contribution < -0.4 is 16.4 Å². The van der Waals surface area contributed by atoms with Crippen LogP contribution in [-0.2, 0) is 0 Å². The van der Waals surface area contributed by atoms with Gasteiger partial charge in [0.05, 0.1) is 10.6 Å². The first-order valence-electron chi connectivity index (χ1n) is 6.37. The van der Waals surface area contributed by atoms with Crippen molar-refractivity contribution < 1.29 is 4.79 Å². The second-order valence-electron chi connectivity index (χ2n) is 5.70. The number of hydrogen-bond donors (Lipinski definition) is 2. The molecule has 0 unspecified atom stereocenters. The molecular formula is C13H21N3OS2. The average Bonchev–Trinajstić information content (AvgIpc) is 2.66. The van der Waals surface area contributed by atoms with Crippen LogP contribution in [0.4, 0.5) is 10.7 Å². The van der Waals surface area contributed by atoms with Gasteiger partial charge in [0.1, 0.15) is 9.88 Å². The highest BCUT2D eigenvalue weighted by Gasteiger charge is 2.29. The topological polar surface area (TPSA) is 72.3 Å². The van der Waals surface area contributed by atoms with Crippen molar-refractivity contribution in [2.75, 3.05) is 30.0 Å². The lowest BCUT2D eigenvalue weighted by Gasteiger charge is -2.37. The van der Waals surface area contributed by atoms with Crippen molar-refractivity contribution in [1.82, 2.24) is 0 Å². The maximum absolute atomic E-state index is 11.4. The Morgan fingerprint density at radius 1 is 1.37 bits per heavy atom. The Kier molecular flexibility index (Phi) is 4.01. The molecule has 4 nitrogen and oxygen atoms in total. The van der Waals surface area contributed by atoms with Crippen LogP contribution in [0.25, 0.3) is 0 Å². The van der Waals surface area contributed by atoms with Gasteiger partial charge in [-0.1, -0.05) is 13.8 Å². The van der Waals surface area contributed by atoms with Crippen LogP contribution in [0.1, 0.15) is 36.4 Å². The summed E-state index contributed by atoms with van der Waals surface area (Å²) in [5.74, 6) is -0.429. The predicted octanol–water partition coefficient (Wildman–Crippen LogP) is 2.78. The molecule has 19 heavy (non-hydrogen) atoms. The van der Waals surface area contributed by atoms with E-state index in [1.165, 1.54) is 11.3 Å². The molecule has 2 heterocycles. The largest absolute Gasteiger partial charge is 0.396 e. The van der Waals surface area contributed by atoms with Crippen molar-refractivity contribution >= 4 is 39.7 Å². The van der Waals surface area contributed by atoms with Crippen LogP contribution >= 0.6 is 23.1 Å². The van der Waals surface area contributed by atoms with Crippen LogP contribution in [0, 0.1) is 5.41 Å². The van der Waals surface area contributed by atoms with E-state index in [1.54, 1.807) is 11.8 Å². The van der Waals surface area contributed by atoms with Gasteiger partial charge in [0.15, 0.2) is 0 Å². The van der Waals surface area contributed by atoms with Crippen LogP contribution in [-0.4, -0.2) is 25.3 Å². The Morgan fingerprint density at radius 3 is 2.42 bits per heavy atom. The molecule has 6 heteroatoms. The zero-order valence-electron chi connectivity index (χ0n) is 11.7. The lowest BCUT2D eigenvalue weighted by molar-refractivity contribution is 0.100. The summed E-state index contributed by atoms with van der Waals surface area (Å²) < 4.78 is 0. The molecule has 106 valence electrons. The molecule has 0 atom stereocenters. The summed E-state index contributed by atoms with van der Waals surface area (Å²) in [6, 6.07) is 0. The van der Waals surface area contributed by atoms with E-state index >= 15 is 0 Å². The number of nitrogens with zero attached hydrogens (tertiary/aromatic N) is 1. The molecule has 1 saturated heterocycles. The Hall–Kier alpha value is -0.880. The van der Waals surface area contributed by atoms with Gasteiger partial charge >= 0.3 is 0 Å². The molecule has 1 aliphatic heterocycles. The Morgan fingerprint density at radius 2 is 1.95 bits per heavy atom. The third kappa shape index (κ3) is 2.84. The first-order valence-corrected chi connectivity index (χ1v) is 8.41. The van der Waals surface area contributed by atoms with E-state index < -0.39 is 5.91 Å². The number of carbonyl (C=O) groups is 1. The second kappa shape index (κ2) is 5.25. The number of thioether (sulfide) groups is 1. The fraction of sp³-hybridized carbons (Fsp3) is 0.615. The van der Waals surface area contributed by atoms with Crippen LogP contribution in [0.5, 0.6) is 0 Å². The van der Waals surface area contributed by atoms with Gasteiger partial charge in [-0.2, -0.15) is 0 Å². The summed E-state index contributed by atoms with van der Waals surface area (Å²) >= 11 is 3.02. The number of rotatable bonds is 3. The van der Waals surface area contributed by atoms with Gasteiger partial charge < -0.3 is 16.4 Å². The third-order valence-electron chi connectivity index (χ3n) is 3.71. The Bertz CT molecular complexity index is 486. The van der Waals surface area contributed by atoms with E-state index in [4.69, 9.17) is 11.5 Å². The summed E-state index contributed by atoms with van der Waals surface area (Å²) in [4.78, 5) is 15.2. The molecule has 0 aliphatic carbocycles. The van der Waals surface area contributed by atoms with E-state index in [1.807, 2.05) is 6.26 Å². The molecule has 2 rings (SSSR count). The summed E-state index contributed by atoms with van der Waals surface area (Å²) in [5.41, 5.74) is 12.4. The van der Waals surface area contributed by atoms with Gasteiger partial charge in [-0.25, -0.2) is 0 Å². The van der Waals surface area contributed by atoms with Gasteiger partial charge in [-0.05, 0) is 24.5 Å². The minimum Gasteiger partial charge on any atom is -0.396 e. The number of piperidine rings is 1. The molecule has 0 radical (unpaired) electrons. The van der Waals surface area contributed by atoms with E-state index in [9.17, 15) is 4.79 Å². The Balaban J connectivity index is 2.30. The molecule has 1 fully saturated rings. The molecule has 1 aliphatic rings. The van der Waals surface area contributed by atoms with Gasteiger partial charge in [0.25, 0.3) is 5.91 Å². The monoisotopic (exact) mass is 299 g/mol. The van der Waals surface area contributed by atoms with Crippen LogP contribution in [0.2, 0.25) is 0 Å². The maximum Gasteiger partial charge on any atom is 0.261 e.